The van der Waals surface area contributed by atoms with Crippen molar-refractivity contribution in [1.29, 1.82) is 0 Å². The van der Waals surface area contributed by atoms with Crippen molar-refractivity contribution >= 4 is 39.4 Å². The Morgan fingerprint density at radius 2 is 1.97 bits per heavy atom. The molecular weight excluding hydrogens is 456 g/mol. The molecule has 0 bridgehead atoms. The van der Waals surface area contributed by atoms with Crippen LogP contribution in [0.25, 0.3) is 10.2 Å². The highest BCUT2D eigenvalue weighted by Crippen LogP contribution is 2.29. The van der Waals surface area contributed by atoms with Crippen LogP contribution in [-0.4, -0.2) is 92.7 Å². The molecule has 2 atom stereocenters. The Bertz CT molecular complexity index is 1150. The number of nitrogens with zero attached hydrogens (tertiary/aromatic N) is 7. The molecule has 3 N–H and O–H groups in total. The summed E-state index contributed by atoms with van der Waals surface area (Å²) in [4.78, 5) is 37.0. The van der Waals surface area contributed by atoms with E-state index in [2.05, 4.69) is 30.8 Å². The first-order chi connectivity index (χ1) is 16.5. The maximum atomic E-state index is 12.0. The molecule has 3 aromatic rings. The average molecular weight is 485 g/mol. The summed E-state index contributed by atoms with van der Waals surface area (Å²) >= 11 is 1.70. The van der Waals surface area contributed by atoms with Crippen molar-refractivity contribution in [2.24, 2.45) is 0 Å². The van der Waals surface area contributed by atoms with Crippen LogP contribution < -0.4 is 10.6 Å². The minimum atomic E-state index is -0.941. The van der Waals surface area contributed by atoms with E-state index in [1.807, 2.05) is 6.20 Å². The van der Waals surface area contributed by atoms with E-state index in [-0.39, 0.29) is 18.0 Å². The molecule has 1 unspecified atom stereocenters. The van der Waals surface area contributed by atoms with Crippen LogP contribution in [0.1, 0.15) is 23.5 Å². The molecule has 5 rings (SSSR count). The van der Waals surface area contributed by atoms with Crippen molar-refractivity contribution in [2.45, 2.75) is 25.7 Å². The molecule has 3 aromatic heterocycles. The molecule has 180 valence electrons. The maximum absolute atomic E-state index is 12.0. The van der Waals surface area contributed by atoms with Gasteiger partial charge in [-0.2, -0.15) is 0 Å². The van der Waals surface area contributed by atoms with Crippen molar-refractivity contribution in [1.82, 2.24) is 29.7 Å². The lowest BCUT2D eigenvalue weighted by atomic mass is 10.1. The molecule has 0 aromatic carbocycles. The van der Waals surface area contributed by atoms with Gasteiger partial charge in [-0.1, -0.05) is 0 Å². The Balaban J connectivity index is 1.23. The zero-order chi connectivity index (χ0) is 23.7. The van der Waals surface area contributed by atoms with Gasteiger partial charge in [0.15, 0.2) is 0 Å². The van der Waals surface area contributed by atoms with Crippen molar-refractivity contribution < 1.29 is 14.6 Å². The van der Waals surface area contributed by atoms with Crippen LogP contribution in [-0.2, 0) is 16.1 Å². The number of aliphatic hydroxyl groups excluding tert-OH is 1. The number of nitrogen functional groups attached to an aromatic ring is 1. The minimum absolute atomic E-state index is 0.161. The molecule has 2 saturated heterocycles. The lowest BCUT2D eigenvalue weighted by molar-refractivity contribution is -0.141. The van der Waals surface area contributed by atoms with E-state index < -0.39 is 6.10 Å². The van der Waals surface area contributed by atoms with E-state index in [1.54, 1.807) is 28.6 Å². The summed E-state index contributed by atoms with van der Waals surface area (Å²) in [7, 11) is 0. The number of thiophene rings is 1. The van der Waals surface area contributed by atoms with Crippen LogP contribution in [0, 0.1) is 0 Å². The number of morpholine rings is 1. The fraction of sp³-hybridized carbons (Fsp3) is 0.500. The van der Waals surface area contributed by atoms with E-state index >= 15 is 0 Å². The van der Waals surface area contributed by atoms with Gasteiger partial charge in [-0.25, -0.2) is 19.9 Å². The topological polar surface area (TPSA) is 134 Å². The lowest BCUT2D eigenvalue weighted by Crippen LogP contribution is -2.50. The Morgan fingerprint density at radius 3 is 2.71 bits per heavy atom. The highest BCUT2D eigenvalue weighted by molar-refractivity contribution is 7.18. The number of carbonyl (C=O) groups excluding carboxylic acids is 1. The van der Waals surface area contributed by atoms with Gasteiger partial charge in [-0.3, -0.25) is 9.69 Å². The van der Waals surface area contributed by atoms with Crippen LogP contribution >= 0.6 is 11.3 Å². The largest absolute Gasteiger partial charge is 0.384 e. The third-order valence-corrected chi connectivity index (χ3v) is 7.19. The Labute approximate surface area is 201 Å². The number of fused-ring (bicyclic) bond motifs is 1. The predicted octanol–water partition coefficient (Wildman–Crippen LogP) is 0.666. The van der Waals surface area contributed by atoms with Gasteiger partial charge >= 0.3 is 0 Å². The highest BCUT2D eigenvalue weighted by Gasteiger charge is 2.26. The number of amides is 1. The van der Waals surface area contributed by atoms with Gasteiger partial charge in [-0.15, -0.1) is 11.3 Å². The third kappa shape index (κ3) is 4.94. The average Bonchev–Trinajstić information content (AvgIpc) is 3.26. The van der Waals surface area contributed by atoms with Crippen molar-refractivity contribution in [2.75, 3.05) is 56.5 Å². The summed E-state index contributed by atoms with van der Waals surface area (Å²) in [6.45, 7) is 7.06. The molecule has 0 saturated carbocycles. The van der Waals surface area contributed by atoms with Gasteiger partial charge in [0.05, 0.1) is 29.6 Å². The molecule has 0 aliphatic carbocycles. The first-order valence-corrected chi connectivity index (χ1v) is 12.2. The number of carbonyl (C=O) groups is 1. The smallest absolute Gasteiger partial charge is 0.251 e. The molecule has 5 heterocycles. The second-order valence-electron chi connectivity index (χ2n) is 8.59. The van der Waals surface area contributed by atoms with Gasteiger partial charge in [0.1, 0.15) is 12.2 Å². The number of hydrogen-bond acceptors (Lipinski definition) is 11. The zero-order valence-electron chi connectivity index (χ0n) is 19.0. The number of nitrogens with two attached hydrogens (primary N) is 1. The number of piperazine rings is 1. The fourth-order valence-corrected chi connectivity index (χ4v) is 5.28. The fourth-order valence-electron chi connectivity index (χ4n) is 4.27. The number of hydrogen-bond donors (Lipinski definition) is 2. The monoisotopic (exact) mass is 484 g/mol. The molecule has 12 heteroatoms. The van der Waals surface area contributed by atoms with Gasteiger partial charge < -0.3 is 25.4 Å². The highest BCUT2D eigenvalue weighted by atomic mass is 32.1. The van der Waals surface area contributed by atoms with Crippen LogP contribution in [0.15, 0.2) is 24.7 Å². The summed E-state index contributed by atoms with van der Waals surface area (Å²) in [6, 6.07) is 2.13. The lowest BCUT2D eigenvalue weighted by Gasteiger charge is -2.35. The number of aliphatic hydroxyl groups is 1. The van der Waals surface area contributed by atoms with E-state index in [9.17, 15) is 9.90 Å². The molecule has 34 heavy (non-hydrogen) atoms. The van der Waals surface area contributed by atoms with Crippen LogP contribution in [0.3, 0.4) is 0 Å². The zero-order valence-corrected chi connectivity index (χ0v) is 19.8. The molecule has 11 nitrogen and oxygen atoms in total. The molecular formula is C22H28N8O3S. The van der Waals surface area contributed by atoms with Crippen LogP contribution in [0.5, 0.6) is 0 Å². The van der Waals surface area contributed by atoms with Gasteiger partial charge in [0, 0.05) is 62.1 Å². The number of anilines is 2. The summed E-state index contributed by atoms with van der Waals surface area (Å²) in [5.74, 6) is 0.735. The Kier molecular flexibility index (Phi) is 6.55. The van der Waals surface area contributed by atoms with E-state index in [4.69, 9.17) is 15.5 Å². The first kappa shape index (κ1) is 22.8. The van der Waals surface area contributed by atoms with Crippen molar-refractivity contribution in [3.63, 3.8) is 0 Å². The van der Waals surface area contributed by atoms with Crippen molar-refractivity contribution in [3.8, 4) is 0 Å². The van der Waals surface area contributed by atoms with Gasteiger partial charge in [-0.05, 0) is 13.0 Å². The van der Waals surface area contributed by atoms with Crippen LogP contribution in [0.4, 0.5) is 11.9 Å². The molecule has 0 spiro atoms. The SMILES string of the molecule is CC(O)C(=O)N1CCN(Cc2cc3nc(N4CCO[C@H](c5cnc(N)nc5)C4)ncc3s2)CC1. The number of rotatable bonds is 5. The van der Waals surface area contributed by atoms with E-state index in [1.165, 1.54) is 11.8 Å². The van der Waals surface area contributed by atoms with E-state index in [0.717, 1.165) is 35.4 Å². The Hall–Kier alpha value is -2.93. The molecule has 0 radical (unpaired) electrons. The summed E-state index contributed by atoms with van der Waals surface area (Å²) < 4.78 is 6.96. The van der Waals surface area contributed by atoms with Gasteiger partial charge in [0.2, 0.25) is 11.9 Å². The standard InChI is InChI=1S/C22H28N8O3S/c1-14(31)20(32)29-4-2-28(3-5-29)12-16-8-17-19(34-16)11-26-22(27-17)30-6-7-33-18(13-30)15-9-24-21(23)25-10-15/h8-11,14,18,31H,2-7,12-13H2,1H3,(H2,23,24,25)/t14?,18-/m0/s1. The molecule has 1 amide bonds. The normalized spacial score (nSPS) is 20.6. The predicted molar refractivity (Wildman–Crippen MR) is 128 cm³/mol. The van der Waals surface area contributed by atoms with E-state index in [0.29, 0.717) is 38.7 Å². The second-order valence-corrected chi connectivity index (χ2v) is 9.76. The quantitative estimate of drug-likeness (QED) is 0.532. The number of aromatic nitrogens is 4. The summed E-state index contributed by atoms with van der Waals surface area (Å²) in [5, 5.41) is 9.52. The summed E-state index contributed by atoms with van der Waals surface area (Å²) in [6.07, 6.45) is 4.19. The maximum Gasteiger partial charge on any atom is 0.251 e. The third-order valence-electron chi connectivity index (χ3n) is 6.14. The van der Waals surface area contributed by atoms with Crippen LogP contribution in [0.2, 0.25) is 0 Å². The summed E-state index contributed by atoms with van der Waals surface area (Å²) in [5.41, 5.74) is 7.42. The molecule has 2 aliphatic rings. The second kappa shape index (κ2) is 9.74. The first-order valence-electron chi connectivity index (χ1n) is 11.3. The number of ether oxygens (including phenoxy) is 1. The Morgan fingerprint density at radius 1 is 1.21 bits per heavy atom. The molecule has 2 fully saturated rings. The van der Waals surface area contributed by atoms with Gasteiger partial charge in [0.25, 0.3) is 5.91 Å². The van der Waals surface area contributed by atoms with Crippen molar-refractivity contribution in [3.05, 3.63) is 35.1 Å². The molecule has 2 aliphatic heterocycles. The minimum Gasteiger partial charge on any atom is -0.384 e.